The fraction of sp³-hybridized carbons (Fsp3) is 0.333. The zero-order valence-electron chi connectivity index (χ0n) is 16.2. The highest BCUT2D eigenvalue weighted by Gasteiger charge is 2.23. The second-order valence-electron chi connectivity index (χ2n) is 7.52. The van der Waals surface area contributed by atoms with E-state index in [2.05, 4.69) is 23.1 Å². The Hall–Kier alpha value is -3.24. The lowest BCUT2D eigenvalue weighted by molar-refractivity contribution is 0.317. The number of allylic oxidation sites excluding steroid dienone is 7. The highest BCUT2D eigenvalue weighted by molar-refractivity contribution is 5.64. The van der Waals surface area contributed by atoms with Crippen LogP contribution in [0.15, 0.2) is 59.1 Å². The molecule has 0 N–H and O–H groups in total. The van der Waals surface area contributed by atoms with Crippen molar-refractivity contribution >= 4 is 5.69 Å². The topological polar surface area (TPSA) is 60.0 Å². The number of benzene rings is 1. The first kappa shape index (κ1) is 18.1. The summed E-state index contributed by atoms with van der Waals surface area (Å²) in [5.74, 6) is 1.34. The van der Waals surface area contributed by atoms with E-state index < -0.39 is 0 Å². The number of nitriles is 2. The molecule has 0 spiro atoms. The predicted octanol–water partition coefficient (Wildman–Crippen LogP) is 4.65. The molecule has 0 atom stereocenters. The normalized spacial score (nSPS) is 17.8. The molecule has 4 rings (SSSR count). The van der Waals surface area contributed by atoms with Crippen LogP contribution in [0.3, 0.4) is 0 Å². The highest BCUT2D eigenvalue weighted by atomic mass is 16.5. The first-order chi connectivity index (χ1) is 13.7. The second-order valence-corrected chi connectivity index (χ2v) is 7.52. The van der Waals surface area contributed by atoms with Gasteiger partial charge in [-0.2, -0.15) is 10.5 Å². The molecule has 0 fully saturated rings. The van der Waals surface area contributed by atoms with Gasteiger partial charge in [-0.15, -0.1) is 0 Å². The maximum absolute atomic E-state index is 9.09. The number of hydrogen-bond donors (Lipinski definition) is 0. The van der Waals surface area contributed by atoms with E-state index in [4.69, 9.17) is 15.3 Å². The first-order valence-corrected chi connectivity index (χ1v) is 9.86. The highest BCUT2D eigenvalue weighted by Crippen LogP contribution is 2.36. The Morgan fingerprint density at radius 3 is 2.43 bits per heavy atom. The summed E-state index contributed by atoms with van der Waals surface area (Å²) in [7, 11) is 0. The Balaban J connectivity index is 1.54. The molecule has 0 bridgehead atoms. The van der Waals surface area contributed by atoms with Crippen LogP contribution in [-0.2, 0) is 24.0 Å². The molecule has 3 aliphatic rings. The first-order valence-electron chi connectivity index (χ1n) is 9.86. The van der Waals surface area contributed by atoms with E-state index >= 15 is 0 Å². The summed E-state index contributed by atoms with van der Waals surface area (Å²) >= 11 is 0. The molecule has 4 nitrogen and oxygen atoms in total. The smallest absolute Gasteiger partial charge is 0.137 e. The van der Waals surface area contributed by atoms with Gasteiger partial charge in [-0.25, -0.2) is 0 Å². The van der Waals surface area contributed by atoms with Crippen LogP contribution in [0.25, 0.3) is 0 Å². The van der Waals surface area contributed by atoms with Gasteiger partial charge in [-0.05, 0) is 73.9 Å². The molecule has 140 valence electrons. The SMILES string of the molecule is CC1=CC(=C(C#N)C#N)C=C(C=CCc2cc3c4c(c2)CCCN4CCC3)O1. The van der Waals surface area contributed by atoms with Gasteiger partial charge in [0, 0.05) is 24.4 Å². The quantitative estimate of drug-likeness (QED) is 0.728. The van der Waals surface area contributed by atoms with Crippen LogP contribution in [-0.4, -0.2) is 13.1 Å². The van der Waals surface area contributed by atoms with Gasteiger partial charge in [0.2, 0.25) is 0 Å². The van der Waals surface area contributed by atoms with Crippen LogP contribution in [0.4, 0.5) is 5.69 Å². The van der Waals surface area contributed by atoms with Gasteiger partial charge < -0.3 is 9.64 Å². The Morgan fingerprint density at radius 2 is 1.79 bits per heavy atom. The van der Waals surface area contributed by atoms with Crippen LogP contribution >= 0.6 is 0 Å². The zero-order valence-corrected chi connectivity index (χ0v) is 16.2. The van der Waals surface area contributed by atoms with E-state index in [9.17, 15) is 0 Å². The van der Waals surface area contributed by atoms with Crippen molar-refractivity contribution in [1.82, 2.24) is 0 Å². The molecule has 0 saturated carbocycles. The molecule has 3 aliphatic heterocycles. The third-order valence-corrected chi connectivity index (χ3v) is 5.48. The van der Waals surface area contributed by atoms with Gasteiger partial charge in [-0.1, -0.05) is 18.2 Å². The summed E-state index contributed by atoms with van der Waals surface area (Å²) in [6.07, 6.45) is 13.2. The Labute approximate surface area is 166 Å². The van der Waals surface area contributed by atoms with Gasteiger partial charge in [0.15, 0.2) is 0 Å². The number of hydrogen-bond acceptors (Lipinski definition) is 4. The van der Waals surface area contributed by atoms with Gasteiger partial charge in [0.05, 0.1) is 0 Å². The summed E-state index contributed by atoms with van der Waals surface area (Å²) in [6, 6.07) is 8.60. The molecule has 1 aromatic carbocycles. The lowest BCUT2D eigenvalue weighted by Gasteiger charge is -2.37. The monoisotopic (exact) mass is 369 g/mol. The average Bonchev–Trinajstić information content (AvgIpc) is 2.69. The minimum Gasteiger partial charge on any atom is -0.462 e. The standard InChI is InChI=1S/C24H23N3O/c1-17-11-21(22(15-25)16-26)14-23(28-17)8-2-5-18-12-19-6-3-9-27-10-4-7-20(13-18)24(19)27/h2,8,11-14H,3-7,9-10H2,1H3. The van der Waals surface area contributed by atoms with E-state index in [0.29, 0.717) is 17.1 Å². The predicted molar refractivity (Wildman–Crippen MR) is 109 cm³/mol. The van der Waals surface area contributed by atoms with Gasteiger partial charge in [0.25, 0.3) is 0 Å². The largest absolute Gasteiger partial charge is 0.462 e. The molecule has 1 aromatic rings. The molecular formula is C24H23N3O. The number of nitrogens with zero attached hydrogens (tertiary/aromatic N) is 3. The maximum atomic E-state index is 9.09. The zero-order chi connectivity index (χ0) is 19.5. The van der Waals surface area contributed by atoms with E-state index in [0.717, 1.165) is 6.42 Å². The molecule has 0 radical (unpaired) electrons. The van der Waals surface area contributed by atoms with Crippen LogP contribution in [0, 0.1) is 22.7 Å². The Morgan fingerprint density at radius 1 is 1.11 bits per heavy atom. The number of rotatable bonds is 3. The fourth-order valence-electron chi connectivity index (χ4n) is 4.34. The minimum atomic E-state index is 0.104. The maximum Gasteiger partial charge on any atom is 0.137 e. The molecule has 4 heteroatoms. The minimum absolute atomic E-state index is 0.104. The molecule has 0 unspecified atom stereocenters. The van der Waals surface area contributed by atoms with Crippen molar-refractivity contribution in [2.24, 2.45) is 0 Å². The van der Waals surface area contributed by atoms with E-state index in [1.54, 1.807) is 12.2 Å². The third-order valence-electron chi connectivity index (χ3n) is 5.48. The van der Waals surface area contributed by atoms with Crippen molar-refractivity contribution in [3.05, 3.63) is 75.8 Å². The van der Waals surface area contributed by atoms with E-state index in [-0.39, 0.29) is 5.57 Å². The van der Waals surface area contributed by atoms with Crippen molar-refractivity contribution < 1.29 is 4.74 Å². The van der Waals surface area contributed by atoms with E-state index in [1.807, 2.05) is 25.1 Å². The van der Waals surface area contributed by atoms with Crippen LogP contribution < -0.4 is 4.90 Å². The summed E-state index contributed by atoms with van der Waals surface area (Å²) < 4.78 is 5.73. The average molecular weight is 369 g/mol. The van der Waals surface area contributed by atoms with Crippen molar-refractivity contribution in [1.29, 1.82) is 10.5 Å². The summed E-state index contributed by atoms with van der Waals surface area (Å²) in [5, 5.41) is 18.2. The summed E-state index contributed by atoms with van der Waals surface area (Å²) in [6.45, 7) is 4.22. The number of aryl methyl sites for hydroxylation is 2. The molecule has 0 saturated heterocycles. The van der Waals surface area contributed by atoms with Crippen molar-refractivity contribution in [3.8, 4) is 12.1 Å². The summed E-state index contributed by atoms with van der Waals surface area (Å²) in [4.78, 5) is 2.56. The molecule has 0 aliphatic carbocycles. The lowest BCUT2D eigenvalue weighted by atomic mass is 9.89. The molecule has 3 heterocycles. The second kappa shape index (κ2) is 7.79. The van der Waals surface area contributed by atoms with Gasteiger partial charge >= 0.3 is 0 Å². The van der Waals surface area contributed by atoms with Gasteiger partial charge in [-0.3, -0.25) is 0 Å². The molecule has 28 heavy (non-hydrogen) atoms. The van der Waals surface area contributed by atoms with Crippen molar-refractivity contribution in [3.63, 3.8) is 0 Å². The van der Waals surface area contributed by atoms with E-state index in [1.165, 1.54) is 61.2 Å². The lowest BCUT2D eigenvalue weighted by Crippen LogP contribution is -2.34. The van der Waals surface area contributed by atoms with Crippen LogP contribution in [0.1, 0.15) is 36.5 Å². The Kier molecular flexibility index (Phi) is 5.04. The van der Waals surface area contributed by atoms with Crippen molar-refractivity contribution in [2.45, 2.75) is 39.0 Å². The molecule has 0 amide bonds. The summed E-state index contributed by atoms with van der Waals surface area (Å²) in [5.41, 5.74) is 6.54. The number of ether oxygens (including phenoxy) is 1. The van der Waals surface area contributed by atoms with Crippen LogP contribution in [0.2, 0.25) is 0 Å². The Bertz CT molecular complexity index is 964. The third kappa shape index (κ3) is 3.59. The fourth-order valence-corrected chi connectivity index (χ4v) is 4.34. The molecule has 0 aromatic heterocycles. The van der Waals surface area contributed by atoms with Crippen LogP contribution in [0.5, 0.6) is 0 Å². The van der Waals surface area contributed by atoms with Gasteiger partial charge in [0.1, 0.15) is 29.2 Å². The number of anilines is 1. The molecular weight excluding hydrogens is 346 g/mol. The van der Waals surface area contributed by atoms with Crippen molar-refractivity contribution in [2.75, 3.05) is 18.0 Å².